The molecule has 2 amide bonds. The zero-order chi connectivity index (χ0) is 16.3. The van der Waals surface area contributed by atoms with Crippen molar-refractivity contribution in [3.05, 3.63) is 24.3 Å². The Hall–Kier alpha value is -2.57. The Bertz CT molecular complexity index is 595. The number of hydrogen-bond acceptors (Lipinski definition) is 4. The molecular formula is C15H19N3O4. The highest BCUT2D eigenvalue weighted by Crippen LogP contribution is 2.27. The molecule has 7 nitrogen and oxygen atoms in total. The summed E-state index contributed by atoms with van der Waals surface area (Å²) in [6, 6.07) is 7.00. The normalized spacial score (nSPS) is 16.3. The van der Waals surface area contributed by atoms with Crippen molar-refractivity contribution in [1.29, 1.82) is 0 Å². The van der Waals surface area contributed by atoms with Gasteiger partial charge >= 0.3 is 5.97 Å². The van der Waals surface area contributed by atoms with Gasteiger partial charge in [-0.15, -0.1) is 0 Å². The standard InChI is InChI=1S/C15H19N3O4/c1-15(2)9-18(17-14(15)22)11-5-3-10(4-6-11)16-12(19)7-8-13(20)21/h3-6H,7-9H2,1-2H3,(H,16,19)(H,17,22)(H,20,21). The lowest BCUT2D eigenvalue weighted by atomic mass is 9.94. The van der Waals surface area contributed by atoms with Gasteiger partial charge in [0.05, 0.1) is 24.1 Å². The summed E-state index contributed by atoms with van der Waals surface area (Å²) < 4.78 is 0. The van der Waals surface area contributed by atoms with E-state index in [4.69, 9.17) is 5.11 Å². The van der Waals surface area contributed by atoms with E-state index in [2.05, 4.69) is 10.7 Å². The third kappa shape index (κ3) is 3.75. The van der Waals surface area contributed by atoms with Crippen molar-refractivity contribution in [3.8, 4) is 0 Å². The molecule has 0 aromatic heterocycles. The van der Waals surface area contributed by atoms with E-state index in [9.17, 15) is 14.4 Å². The highest BCUT2D eigenvalue weighted by molar-refractivity contribution is 5.92. The fourth-order valence-electron chi connectivity index (χ4n) is 2.11. The number of carboxylic acid groups (broad SMARTS) is 1. The number of benzene rings is 1. The molecule has 3 N–H and O–H groups in total. The minimum absolute atomic E-state index is 0.0291. The number of anilines is 2. The van der Waals surface area contributed by atoms with Crippen LogP contribution in [0.4, 0.5) is 11.4 Å². The van der Waals surface area contributed by atoms with Crippen LogP contribution >= 0.6 is 0 Å². The summed E-state index contributed by atoms with van der Waals surface area (Å²) in [5.74, 6) is -1.37. The van der Waals surface area contributed by atoms with E-state index in [0.717, 1.165) is 5.69 Å². The van der Waals surface area contributed by atoms with Gasteiger partial charge in [0, 0.05) is 12.1 Å². The quantitative estimate of drug-likeness (QED) is 0.763. The fraction of sp³-hybridized carbons (Fsp3) is 0.400. The van der Waals surface area contributed by atoms with Gasteiger partial charge in [-0.2, -0.15) is 0 Å². The van der Waals surface area contributed by atoms with E-state index in [1.54, 1.807) is 29.3 Å². The van der Waals surface area contributed by atoms with Crippen LogP contribution in [0.1, 0.15) is 26.7 Å². The van der Waals surface area contributed by atoms with Crippen LogP contribution in [-0.2, 0) is 14.4 Å². The lowest BCUT2D eigenvalue weighted by Crippen LogP contribution is -2.33. The molecule has 0 bridgehead atoms. The van der Waals surface area contributed by atoms with Crippen molar-refractivity contribution in [3.63, 3.8) is 0 Å². The summed E-state index contributed by atoms with van der Waals surface area (Å²) in [4.78, 5) is 33.7. The van der Waals surface area contributed by atoms with Gasteiger partial charge in [-0.3, -0.25) is 24.8 Å². The van der Waals surface area contributed by atoms with Crippen molar-refractivity contribution in [1.82, 2.24) is 5.43 Å². The van der Waals surface area contributed by atoms with Crippen molar-refractivity contribution in [2.45, 2.75) is 26.7 Å². The van der Waals surface area contributed by atoms with Crippen LogP contribution in [-0.4, -0.2) is 29.4 Å². The Morgan fingerprint density at radius 1 is 1.27 bits per heavy atom. The Balaban J connectivity index is 1.95. The Morgan fingerprint density at radius 3 is 2.41 bits per heavy atom. The summed E-state index contributed by atoms with van der Waals surface area (Å²) in [6.07, 6.45) is -0.258. The number of hydrazine groups is 1. The molecule has 1 aliphatic rings. The van der Waals surface area contributed by atoms with Gasteiger partial charge in [-0.25, -0.2) is 0 Å². The smallest absolute Gasteiger partial charge is 0.303 e. The van der Waals surface area contributed by atoms with Gasteiger partial charge in [-0.1, -0.05) is 0 Å². The SMILES string of the molecule is CC1(C)CN(c2ccc(NC(=O)CCC(=O)O)cc2)NC1=O. The highest BCUT2D eigenvalue weighted by Gasteiger charge is 2.37. The molecule has 0 spiro atoms. The van der Waals surface area contributed by atoms with Gasteiger partial charge in [0.2, 0.25) is 11.8 Å². The zero-order valence-corrected chi connectivity index (χ0v) is 12.5. The molecule has 22 heavy (non-hydrogen) atoms. The van der Waals surface area contributed by atoms with Gasteiger partial charge in [0.25, 0.3) is 0 Å². The van der Waals surface area contributed by atoms with E-state index in [-0.39, 0.29) is 24.7 Å². The van der Waals surface area contributed by atoms with Crippen molar-refractivity contribution in [2.24, 2.45) is 5.41 Å². The zero-order valence-electron chi connectivity index (χ0n) is 12.5. The fourth-order valence-corrected chi connectivity index (χ4v) is 2.11. The summed E-state index contributed by atoms with van der Waals surface area (Å²) in [5, 5.41) is 12.9. The number of aliphatic carboxylic acids is 1. The second-order valence-electron chi connectivity index (χ2n) is 5.90. The molecule has 1 fully saturated rings. The first-order valence-corrected chi connectivity index (χ1v) is 6.98. The Labute approximate surface area is 128 Å². The van der Waals surface area contributed by atoms with Crippen LogP contribution in [0.25, 0.3) is 0 Å². The second kappa shape index (κ2) is 6.05. The number of rotatable bonds is 5. The predicted molar refractivity (Wildman–Crippen MR) is 81.2 cm³/mol. The molecule has 1 saturated heterocycles. The van der Waals surface area contributed by atoms with Crippen molar-refractivity contribution >= 4 is 29.2 Å². The maximum Gasteiger partial charge on any atom is 0.303 e. The maximum atomic E-state index is 11.8. The van der Waals surface area contributed by atoms with Crippen LogP contribution in [0.2, 0.25) is 0 Å². The monoisotopic (exact) mass is 305 g/mol. The number of hydrogen-bond donors (Lipinski definition) is 3. The van der Waals surface area contributed by atoms with Gasteiger partial charge in [0.15, 0.2) is 0 Å². The van der Waals surface area contributed by atoms with E-state index in [1.807, 2.05) is 13.8 Å². The van der Waals surface area contributed by atoms with Crippen LogP contribution in [0, 0.1) is 5.41 Å². The topological polar surface area (TPSA) is 98.7 Å². The third-order valence-electron chi connectivity index (χ3n) is 3.43. The molecule has 0 aliphatic carbocycles. The van der Waals surface area contributed by atoms with Crippen LogP contribution in [0.3, 0.4) is 0 Å². The lowest BCUT2D eigenvalue weighted by molar-refractivity contribution is -0.138. The number of carbonyl (C=O) groups is 3. The van der Waals surface area contributed by atoms with E-state index in [1.165, 1.54) is 0 Å². The number of nitrogens with one attached hydrogen (secondary N) is 2. The largest absolute Gasteiger partial charge is 0.481 e. The molecule has 0 unspecified atom stereocenters. The first-order chi connectivity index (χ1) is 10.3. The second-order valence-corrected chi connectivity index (χ2v) is 5.90. The summed E-state index contributed by atoms with van der Waals surface area (Å²) in [6.45, 7) is 4.31. The average molecular weight is 305 g/mol. The number of carbonyl (C=O) groups excluding carboxylic acids is 2. The van der Waals surface area contributed by atoms with Crippen molar-refractivity contribution < 1.29 is 19.5 Å². The lowest BCUT2D eigenvalue weighted by Gasteiger charge is -2.19. The Kier molecular flexibility index (Phi) is 4.35. The molecule has 2 rings (SSSR count). The molecule has 7 heteroatoms. The van der Waals surface area contributed by atoms with E-state index in [0.29, 0.717) is 12.2 Å². The van der Waals surface area contributed by atoms with Gasteiger partial charge < -0.3 is 10.4 Å². The first kappa shape index (κ1) is 15.8. The summed E-state index contributed by atoms with van der Waals surface area (Å²) in [7, 11) is 0. The average Bonchev–Trinajstić information content (AvgIpc) is 2.71. The molecule has 0 radical (unpaired) electrons. The van der Waals surface area contributed by atoms with E-state index >= 15 is 0 Å². The minimum Gasteiger partial charge on any atom is -0.481 e. The number of amides is 2. The highest BCUT2D eigenvalue weighted by atomic mass is 16.4. The summed E-state index contributed by atoms with van der Waals surface area (Å²) >= 11 is 0. The molecule has 0 saturated carbocycles. The van der Waals surface area contributed by atoms with Crippen LogP contribution in [0.5, 0.6) is 0 Å². The maximum absolute atomic E-state index is 11.8. The molecule has 1 aromatic carbocycles. The molecule has 1 aliphatic heterocycles. The summed E-state index contributed by atoms with van der Waals surface area (Å²) in [5.41, 5.74) is 3.76. The molecular weight excluding hydrogens is 286 g/mol. The number of carboxylic acids is 1. The first-order valence-electron chi connectivity index (χ1n) is 6.98. The van der Waals surface area contributed by atoms with Crippen molar-refractivity contribution in [2.75, 3.05) is 16.9 Å². The van der Waals surface area contributed by atoms with Crippen LogP contribution < -0.4 is 15.8 Å². The minimum atomic E-state index is -1.00. The number of nitrogens with zero attached hydrogens (tertiary/aromatic N) is 1. The Morgan fingerprint density at radius 2 is 1.91 bits per heavy atom. The van der Waals surface area contributed by atoms with Gasteiger partial charge in [0.1, 0.15) is 0 Å². The molecule has 1 aromatic rings. The molecule has 1 heterocycles. The van der Waals surface area contributed by atoms with Crippen LogP contribution in [0.15, 0.2) is 24.3 Å². The van der Waals surface area contributed by atoms with E-state index < -0.39 is 11.4 Å². The molecule has 118 valence electrons. The predicted octanol–water partition coefficient (Wildman–Crippen LogP) is 1.37. The van der Waals surface area contributed by atoms with Gasteiger partial charge in [-0.05, 0) is 38.1 Å². The third-order valence-corrected chi connectivity index (χ3v) is 3.43. The molecule has 0 atom stereocenters.